The lowest BCUT2D eigenvalue weighted by Gasteiger charge is -2.08. The minimum absolute atomic E-state index is 0.109. The number of benzene rings is 1. The highest BCUT2D eigenvalue weighted by atomic mass is 127. The molecular weight excluding hydrogens is 343 g/mol. The average molecular weight is 353 g/mol. The van der Waals surface area contributed by atoms with Gasteiger partial charge in [0.2, 0.25) is 0 Å². The molecule has 0 radical (unpaired) electrons. The Kier molecular flexibility index (Phi) is 3.91. The molecular formula is C10H10BrIO. The number of alkyl halides is 1. The van der Waals surface area contributed by atoms with Gasteiger partial charge < -0.3 is 0 Å². The van der Waals surface area contributed by atoms with Crippen LogP contribution in [-0.2, 0) is 0 Å². The number of hydrogen-bond acceptors (Lipinski definition) is 1. The Morgan fingerprint density at radius 3 is 2.62 bits per heavy atom. The van der Waals surface area contributed by atoms with Crippen LogP contribution in [0.2, 0.25) is 0 Å². The number of hydrogen-bond donors (Lipinski definition) is 0. The summed E-state index contributed by atoms with van der Waals surface area (Å²) in [6.45, 7) is 3.82. The summed E-state index contributed by atoms with van der Waals surface area (Å²) >= 11 is 5.48. The summed E-state index contributed by atoms with van der Waals surface area (Å²) in [7, 11) is 0. The van der Waals surface area contributed by atoms with Crippen LogP contribution in [0.15, 0.2) is 18.2 Å². The van der Waals surface area contributed by atoms with E-state index in [2.05, 4.69) is 38.5 Å². The van der Waals surface area contributed by atoms with E-state index in [1.54, 1.807) is 0 Å². The fourth-order valence-electron chi connectivity index (χ4n) is 1.14. The van der Waals surface area contributed by atoms with E-state index in [1.165, 1.54) is 0 Å². The van der Waals surface area contributed by atoms with Crippen molar-refractivity contribution in [2.45, 2.75) is 18.7 Å². The molecule has 0 aliphatic rings. The molecule has 0 saturated heterocycles. The molecule has 13 heavy (non-hydrogen) atoms. The fraction of sp³-hybridized carbons (Fsp3) is 0.300. The summed E-state index contributed by atoms with van der Waals surface area (Å²) in [6.07, 6.45) is 0. The summed E-state index contributed by atoms with van der Waals surface area (Å²) in [4.78, 5) is 11.6. The van der Waals surface area contributed by atoms with Gasteiger partial charge in [0.15, 0.2) is 5.78 Å². The van der Waals surface area contributed by atoms with Gasteiger partial charge in [0.05, 0.1) is 4.83 Å². The maximum absolute atomic E-state index is 11.7. The van der Waals surface area contributed by atoms with Crippen LogP contribution in [0, 0.1) is 10.5 Å². The number of rotatable bonds is 2. The predicted octanol–water partition coefficient (Wildman–Crippen LogP) is 3.57. The third-order valence-corrected chi connectivity index (χ3v) is 3.14. The fourth-order valence-corrected chi connectivity index (χ4v) is 2.27. The van der Waals surface area contributed by atoms with Gasteiger partial charge in [0.1, 0.15) is 0 Å². The van der Waals surface area contributed by atoms with Crippen LogP contribution < -0.4 is 0 Å². The van der Waals surface area contributed by atoms with E-state index < -0.39 is 0 Å². The van der Waals surface area contributed by atoms with E-state index in [9.17, 15) is 4.79 Å². The van der Waals surface area contributed by atoms with Crippen molar-refractivity contribution in [1.29, 1.82) is 0 Å². The van der Waals surface area contributed by atoms with Crippen LogP contribution in [0.3, 0.4) is 0 Å². The molecule has 3 heteroatoms. The predicted molar refractivity (Wildman–Crippen MR) is 66.6 cm³/mol. The van der Waals surface area contributed by atoms with Gasteiger partial charge in [0.25, 0.3) is 0 Å². The molecule has 0 aliphatic heterocycles. The third-order valence-electron chi connectivity index (χ3n) is 1.83. The second-order valence-corrected chi connectivity index (χ2v) is 5.45. The van der Waals surface area contributed by atoms with Crippen molar-refractivity contribution in [2.24, 2.45) is 0 Å². The Morgan fingerprint density at radius 1 is 1.54 bits per heavy atom. The van der Waals surface area contributed by atoms with Crippen LogP contribution >= 0.6 is 38.5 Å². The van der Waals surface area contributed by atoms with E-state index in [0.717, 1.165) is 14.7 Å². The van der Waals surface area contributed by atoms with Crippen molar-refractivity contribution in [3.63, 3.8) is 0 Å². The molecule has 0 spiro atoms. The van der Waals surface area contributed by atoms with Crippen LogP contribution in [0.5, 0.6) is 0 Å². The molecule has 1 aromatic carbocycles. The molecule has 0 N–H and O–H groups in total. The number of Topliss-reactive ketones (excluding diaryl/α,β-unsaturated/α-hetero) is 1. The van der Waals surface area contributed by atoms with Gasteiger partial charge in [-0.25, -0.2) is 0 Å². The highest BCUT2D eigenvalue weighted by Crippen LogP contribution is 2.20. The topological polar surface area (TPSA) is 17.1 Å². The molecule has 1 aromatic rings. The van der Waals surface area contributed by atoms with Gasteiger partial charge in [0, 0.05) is 9.13 Å². The Labute approximate surface area is 100 Å². The first-order valence-electron chi connectivity index (χ1n) is 3.97. The quantitative estimate of drug-likeness (QED) is 0.452. The maximum Gasteiger partial charge on any atom is 0.177 e. The van der Waals surface area contributed by atoms with Crippen molar-refractivity contribution in [3.05, 3.63) is 32.9 Å². The van der Waals surface area contributed by atoms with E-state index in [1.807, 2.05) is 32.0 Å². The van der Waals surface area contributed by atoms with Crippen molar-refractivity contribution < 1.29 is 4.79 Å². The first kappa shape index (κ1) is 11.2. The largest absolute Gasteiger partial charge is 0.293 e. The molecule has 1 rings (SSSR count). The number of carbonyl (C=O) groups excluding carboxylic acids is 1. The first-order chi connectivity index (χ1) is 6.04. The molecule has 0 fully saturated rings. The van der Waals surface area contributed by atoms with Crippen molar-refractivity contribution in [3.8, 4) is 0 Å². The Morgan fingerprint density at radius 2 is 2.15 bits per heavy atom. The van der Waals surface area contributed by atoms with E-state index in [-0.39, 0.29) is 10.6 Å². The molecule has 1 atom stereocenters. The highest BCUT2D eigenvalue weighted by molar-refractivity contribution is 14.1. The lowest BCUT2D eigenvalue weighted by Crippen LogP contribution is -2.13. The maximum atomic E-state index is 11.7. The Bertz CT molecular complexity index is 313. The number of halogens is 2. The summed E-state index contributed by atoms with van der Waals surface area (Å²) in [5.74, 6) is 0.155. The summed E-state index contributed by atoms with van der Waals surface area (Å²) in [5.41, 5.74) is 1.88. The van der Waals surface area contributed by atoms with E-state index in [0.29, 0.717) is 0 Å². The zero-order valence-electron chi connectivity index (χ0n) is 7.47. The van der Waals surface area contributed by atoms with Gasteiger partial charge >= 0.3 is 0 Å². The smallest absolute Gasteiger partial charge is 0.177 e. The third kappa shape index (κ3) is 2.53. The van der Waals surface area contributed by atoms with Crippen molar-refractivity contribution >= 4 is 44.3 Å². The molecule has 0 aromatic heterocycles. The molecule has 1 nitrogen and oxygen atoms in total. The van der Waals surface area contributed by atoms with Crippen LogP contribution in [-0.4, -0.2) is 10.6 Å². The number of aryl methyl sites for hydroxylation is 1. The van der Waals surface area contributed by atoms with Crippen LogP contribution in [0.4, 0.5) is 0 Å². The van der Waals surface area contributed by atoms with Crippen molar-refractivity contribution in [2.75, 3.05) is 0 Å². The molecule has 0 amide bonds. The van der Waals surface area contributed by atoms with Crippen molar-refractivity contribution in [1.82, 2.24) is 0 Å². The monoisotopic (exact) mass is 352 g/mol. The summed E-state index contributed by atoms with van der Waals surface area (Å²) in [5, 5.41) is 0. The van der Waals surface area contributed by atoms with Gasteiger partial charge in [-0.2, -0.15) is 0 Å². The van der Waals surface area contributed by atoms with Gasteiger partial charge in [-0.15, -0.1) is 0 Å². The second kappa shape index (κ2) is 4.55. The standard InChI is InChI=1S/C10H10BrIO/c1-6-4-3-5-8(12)9(6)10(13)7(2)11/h3-5,7H,1-2H3. The molecule has 0 aliphatic carbocycles. The van der Waals surface area contributed by atoms with E-state index >= 15 is 0 Å². The zero-order valence-corrected chi connectivity index (χ0v) is 11.2. The lowest BCUT2D eigenvalue weighted by molar-refractivity contribution is 0.0994. The Balaban J connectivity index is 3.20. The van der Waals surface area contributed by atoms with Crippen LogP contribution in [0.1, 0.15) is 22.8 Å². The molecule has 1 unspecified atom stereocenters. The van der Waals surface area contributed by atoms with Crippen LogP contribution in [0.25, 0.3) is 0 Å². The minimum Gasteiger partial charge on any atom is -0.293 e. The SMILES string of the molecule is Cc1cccc(I)c1C(=O)C(C)Br. The van der Waals surface area contributed by atoms with Gasteiger partial charge in [-0.1, -0.05) is 28.1 Å². The normalized spacial score (nSPS) is 12.6. The van der Waals surface area contributed by atoms with Gasteiger partial charge in [-0.3, -0.25) is 4.79 Å². The minimum atomic E-state index is -0.109. The lowest BCUT2D eigenvalue weighted by atomic mass is 10.0. The molecule has 70 valence electrons. The number of carbonyl (C=O) groups is 1. The Hall–Kier alpha value is 0.1000. The number of ketones is 1. The first-order valence-corrected chi connectivity index (χ1v) is 5.97. The van der Waals surface area contributed by atoms with Gasteiger partial charge in [-0.05, 0) is 48.1 Å². The molecule has 0 heterocycles. The zero-order chi connectivity index (χ0) is 10.0. The molecule has 0 saturated carbocycles. The molecule has 0 bridgehead atoms. The average Bonchev–Trinajstić information content (AvgIpc) is 2.03. The highest BCUT2D eigenvalue weighted by Gasteiger charge is 2.16. The summed E-state index contributed by atoms with van der Waals surface area (Å²) in [6, 6.07) is 5.88. The van der Waals surface area contributed by atoms with E-state index in [4.69, 9.17) is 0 Å². The second-order valence-electron chi connectivity index (χ2n) is 2.91. The summed E-state index contributed by atoms with van der Waals surface area (Å²) < 4.78 is 1.02.